The van der Waals surface area contributed by atoms with Gasteiger partial charge in [-0.15, -0.1) is 0 Å². The van der Waals surface area contributed by atoms with Crippen molar-refractivity contribution in [2.24, 2.45) is 0 Å². The monoisotopic (exact) mass is 297 g/mol. The second-order valence-corrected chi connectivity index (χ2v) is 5.84. The lowest BCUT2D eigenvalue weighted by Gasteiger charge is -2.06. The Labute approximate surface area is 115 Å². The van der Waals surface area contributed by atoms with E-state index in [0.29, 0.717) is 5.76 Å². The van der Waals surface area contributed by atoms with Gasteiger partial charge in [-0.25, -0.2) is 17.5 Å². The Balaban J connectivity index is 2.32. The van der Waals surface area contributed by atoms with E-state index in [9.17, 15) is 17.6 Å². The van der Waals surface area contributed by atoms with E-state index in [1.807, 2.05) is 4.72 Å². The molecule has 2 aromatic rings. The molecule has 0 atom stereocenters. The van der Waals surface area contributed by atoms with E-state index in [1.54, 1.807) is 6.92 Å². The first-order valence-electron chi connectivity index (χ1n) is 5.70. The van der Waals surface area contributed by atoms with Gasteiger partial charge in [0.25, 0.3) is 15.9 Å². The smallest absolute Gasteiger partial charge is 0.267 e. The lowest BCUT2D eigenvalue weighted by molar-refractivity contribution is 0.0977. The van der Waals surface area contributed by atoms with Crippen molar-refractivity contribution in [3.8, 4) is 0 Å². The highest BCUT2D eigenvalue weighted by Gasteiger charge is 2.24. The lowest BCUT2D eigenvalue weighted by atomic mass is 10.2. The van der Waals surface area contributed by atoms with Crippen LogP contribution in [-0.2, 0) is 10.0 Å². The normalized spacial score (nSPS) is 11.3. The van der Waals surface area contributed by atoms with E-state index in [-0.39, 0.29) is 16.2 Å². The van der Waals surface area contributed by atoms with Gasteiger partial charge in [0.2, 0.25) is 0 Å². The Bertz CT molecular complexity index is 764. The third-order valence-electron chi connectivity index (χ3n) is 2.63. The maximum Gasteiger partial charge on any atom is 0.267 e. The quantitative estimate of drug-likeness (QED) is 0.941. The van der Waals surface area contributed by atoms with Gasteiger partial charge in [-0.05, 0) is 26.0 Å². The summed E-state index contributed by atoms with van der Waals surface area (Å²) in [7, 11) is -4.09. The van der Waals surface area contributed by atoms with Crippen LogP contribution in [0.5, 0.6) is 0 Å². The minimum Gasteiger partial charge on any atom is -0.465 e. The minimum atomic E-state index is -4.09. The standard InChI is InChI=1S/C13H12FNO4S/c1-8-7-12(9(2)19-8)20(17,18)15-13(16)10-5-3-4-6-11(10)14/h3-7H,1-2H3,(H,15,16). The van der Waals surface area contributed by atoms with E-state index in [2.05, 4.69) is 0 Å². The molecule has 0 aliphatic carbocycles. The van der Waals surface area contributed by atoms with Crippen LogP contribution in [0.3, 0.4) is 0 Å². The molecular weight excluding hydrogens is 285 g/mol. The number of sulfonamides is 1. The number of rotatable bonds is 3. The van der Waals surface area contributed by atoms with Crippen molar-refractivity contribution >= 4 is 15.9 Å². The second kappa shape index (κ2) is 5.09. The van der Waals surface area contributed by atoms with Gasteiger partial charge < -0.3 is 4.42 Å². The molecule has 1 heterocycles. The molecule has 0 aliphatic heterocycles. The summed E-state index contributed by atoms with van der Waals surface area (Å²) in [6.07, 6.45) is 0. The predicted octanol–water partition coefficient (Wildman–Crippen LogP) is 2.15. The predicted molar refractivity (Wildman–Crippen MR) is 69.2 cm³/mol. The van der Waals surface area contributed by atoms with Crippen molar-refractivity contribution in [1.29, 1.82) is 0 Å². The molecule has 7 heteroatoms. The van der Waals surface area contributed by atoms with Gasteiger partial charge in [0, 0.05) is 6.07 Å². The van der Waals surface area contributed by atoms with Gasteiger partial charge in [-0.3, -0.25) is 4.79 Å². The molecule has 106 valence electrons. The molecular formula is C13H12FNO4S. The summed E-state index contributed by atoms with van der Waals surface area (Å²) in [5, 5.41) is 0. The van der Waals surface area contributed by atoms with Crippen LogP contribution < -0.4 is 4.72 Å². The summed E-state index contributed by atoms with van der Waals surface area (Å²) < 4.78 is 44.4. The van der Waals surface area contributed by atoms with Gasteiger partial charge in [0.05, 0.1) is 5.56 Å². The van der Waals surface area contributed by atoms with Crippen LogP contribution in [-0.4, -0.2) is 14.3 Å². The fourth-order valence-corrected chi connectivity index (χ4v) is 2.96. The molecule has 0 saturated heterocycles. The van der Waals surface area contributed by atoms with Crippen LogP contribution in [0.15, 0.2) is 39.6 Å². The average molecular weight is 297 g/mol. The van der Waals surface area contributed by atoms with E-state index in [4.69, 9.17) is 4.42 Å². The summed E-state index contributed by atoms with van der Waals surface area (Å²) >= 11 is 0. The molecule has 1 aromatic carbocycles. The Morgan fingerprint density at radius 2 is 1.90 bits per heavy atom. The number of nitrogens with one attached hydrogen (secondary N) is 1. The van der Waals surface area contributed by atoms with Gasteiger partial charge in [-0.2, -0.15) is 0 Å². The Kier molecular flexibility index (Phi) is 3.63. The van der Waals surface area contributed by atoms with E-state index in [0.717, 1.165) is 6.07 Å². The molecule has 0 unspecified atom stereocenters. The third-order valence-corrected chi connectivity index (χ3v) is 4.07. The van der Waals surface area contributed by atoms with Crippen LogP contribution in [0.2, 0.25) is 0 Å². The van der Waals surface area contributed by atoms with Gasteiger partial charge >= 0.3 is 0 Å². The molecule has 0 aliphatic rings. The first-order chi connectivity index (χ1) is 9.31. The summed E-state index contributed by atoms with van der Waals surface area (Å²) in [5.41, 5.74) is -0.339. The summed E-state index contributed by atoms with van der Waals surface area (Å²) in [4.78, 5) is 11.7. The second-order valence-electron chi connectivity index (χ2n) is 4.19. The first-order valence-corrected chi connectivity index (χ1v) is 7.18. The molecule has 0 fully saturated rings. The number of halogens is 1. The van der Waals surface area contributed by atoms with Crippen LogP contribution in [0, 0.1) is 19.7 Å². The van der Waals surface area contributed by atoms with Crippen molar-refractivity contribution in [1.82, 2.24) is 4.72 Å². The molecule has 2 rings (SSSR count). The highest BCUT2D eigenvalue weighted by Crippen LogP contribution is 2.19. The van der Waals surface area contributed by atoms with Crippen molar-refractivity contribution in [2.75, 3.05) is 0 Å². The van der Waals surface area contributed by atoms with Gasteiger partial charge in [-0.1, -0.05) is 12.1 Å². The fraction of sp³-hybridized carbons (Fsp3) is 0.154. The van der Waals surface area contributed by atoms with Crippen LogP contribution in [0.25, 0.3) is 0 Å². The zero-order valence-electron chi connectivity index (χ0n) is 10.8. The minimum absolute atomic E-state index is 0.139. The molecule has 5 nitrogen and oxygen atoms in total. The molecule has 1 aromatic heterocycles. The number of amides is 1. The molecule has 0 bridgehead atoms. The zero-order chi connectivity index (χ0) is 14.9. The van der Waals surface area contributed by atoms with Gasteiger partial charge in [0.1, 0.15) is 22.2 Å². The number of benzene rings is 1. The molecule has 0 saturated carbocycles. The number of hydrogen-bond acceptors (Lipinski definition) is 4. The number of carbonyl (C=O) groups excluding carboxylic acids is 1. The Hall–Kier alpha value is -2.15. The van der Waals surface area contributed by atoms with E-state index >= 15 is 0 Å². The number of aryl methyl sites for hydroxylation is 2. The van der Waals surface area contributed by atoms with Crippen molar-refractivity contribution in [3.63, 3.8) is 0 Å². The van der Waals surface area contributed by atoms with Crippen molar-refractivity contribution in [3.05, 3.63) is 53.2 Å². The molecule has 1 N–H and O–H groups in total. The van der Waals surface area contributed by atoms with Crippen LogP contribution in [0.1, 0.15) is 21.9 Å². The van der Waals surface area contributed by atoms with Crippen molar-refractivity contribution < 1.29 is 22.0 Å². The largest absolute Gasteiger partial charge is 0.465 e. The lowest BCUT2D eigenvalue weighted by Crippen LogP contribution is -2.31. The van der Waals surface area contributed by atoms with E-state index < -0.39 is 21.7 Å². The SMILES string of the molecule is Cc1cc(S(=O)(=O)NC(=O)c2ccccc2F)c(C)o1. The topological polar surface area (TPSA) is 76.4 Å². The Morgan fingerprint density at radius 3 is 2.45 bits per heavy atom. The first kappa shape index (κ1) is 14.3. The summed E-state index contributed by atoms with van der Waals surface area (Å²) in [6.45, 7) is 3.06. The summed E-state index contributed by atoms with van der Waals surface area (Å²) in [5.74, 6) is -1.25. The fourth-order valence-electron chi connectivity index (χ4n) is 1.75. The maximum absolute atomic E-state index is 13.4. The number of carbonyl (C=O) groups is 1. The maximum atomic E-state index is 13.4. The van der Waals surface area contributed by atoms with Gasteiger partial charge in [0.15, 0.2) is 0 Å². The highest BCUT2D eigenvalue weighted by atomic mass is 32.2. The zero-order valence-corrected chi connectivity index (χ0v) is 11.6. The molecule has 1 amide bonds. The van der Waals surface area contributed by atoms with Crippen LogP contribution >= 0.6 is 0 Å². The molecule has 20 heavy (non-hydrogen) atoms. The molecule has 0 spiro atoms. The highest BCUT2D eigenvalue weighted by molar-refractivity contribution is 7.90. The third kappa shape index (κ3) is 2.72. The Morgan fingerprint density at radius 1 is 1.25 bits per heavy atom. The molecule has 0 radical (unpaired) electrons. The number of furan rings is 1. The number of hydrogen-bond donors (Lipinski definition) is 1. The van der Waals surface area contributed by atoms with E-state index in [1.165, 1.54) is 31.2 Å². The summed E-state index contributed by atoms with van der Waals surface area (Å²) in [6, 6.07) is 6.43. The average Bonchev–Trinajstić information content (AvgIpc) is 2.69. The van der Waals surface area contributed by atoms with Crippen LogP contribution in [0.4, 0.5) is 4.39 Å². The van der Waals surface area contributed by atoms with Crippen molar-refractivity contribution in [2.45, 2.75) is 18.7 Å².